The van der Waals surface area contributed by atoms with Crippen LogP contribution >= 0.6 is 12.6 Å². The zero-order chi connectivity index (χ0) is 9.56. The molecule has 12 heavy (non-hydrogen) atoms. The van der Waals surface area contributed by atoms with E-state index in [-0.39, 0.29) is 12.5 Å². The van der Waals surface area contributed by atoms with Gasteiger partial charge in [0, 0.05) is 5.75 Å². The molecule has 0 saturated carbocycles. The fourth-order valence-electron chi connectivity index (χ4n) is 0.360. The van der Waals surface area contributed by atoms with Crippen LogP contribution in [-0.2, 0) is 9.53 Å². The fourth-order valence-corrected chi connectivity index (χ4v) is 0.509. The van der Waals surface area contributed by atoms with Gasteiger partial charge < -0.3 is 21.5 Å². The quantitative estimate of drug-likeness (QED) is 0.245. The molecule has 5 N–H and O–H groups in total. The van der Waals surface area contributed by atoms with Crippen LogP contribution in [0.2, 0.25) is 0 Å². The highest BCUT2D eigenvalue weighted by molar-refractivity contribution is 7.80. The molecule has 70 valence electrons. The molecular formula is C5H11N3O3S. The van der Waals surface area contributed by atoms with Gasteiger partial charge in [0.1, 0.15) is 6.04 Å². The lowest BCUT2D eigenvalue weighted by Gasteiger charge is -2.08. The molecule has 0 aromatic rings. The van der Waals surface area contributed by atoms with E-state index in [1.807, 2.05) is 0 Å². The maximum Gasteiger partial charge on any atom is 0.325 e. The number of esters is 1. The van der Waals surface area contributed by atoms with Gasteiger partial charge in [-0.2, -0.15) is 12.6 Å². The van der Waals surface area contributed by atoms with Crippen LogP contribution in [0.25, 0.3) is 0 Å². The van der Waals surface area contributed by atoms with E-state index in [0.29, 0.717) is 0 Å². The molecule has 0 heterocycles. The van der Waals surface area contributed by atoms with E-state index in [0.717, 1.165) is 0 Å². The lowest BCUT2D eigenvalue weighted by atomic mass is 10.4. The Morgan fingerprint density at radius 1 is 1.58 bits per heavy atom. The van der Waals surface area contributed by atoms with Crippen molar-refractivity contribution in [3.8, 4) is 0 Å². The summed E-state index contributed by atoms with van der Waals surface area (Å²) >= 11 is 3.78. The molecule has 0 aromatic carbocycles. The molecule has 0 fully saturated rings. The smallest absolute Gasteiger partial charge is 0.325 e. The van der Waals surface area contributed by atoms with Crippen LogP contribution < -0.4 is 16.8 Å². The molecule has 0 bridgehead atoms. The van der Waals surface area contributed by atoms with E-state index in [1.165, 1.54) is 0 Å². The largest absolute Gasteiger partial charge is 0.443 e. The molecular weight excluding hydrogens is 182 g/mol. The zero-order valence-corrected chi connectivity index (χ0v) is 7.21. The van der Waals surface area contributed by atoms with E-state index < -0.39 is 18.0 Å². The molecule has 6 nitrogen and oxygen atoms in total. The van der Waals surface area contributed by atoms with Gasteiger partial charge in [0.2, 0.25) is 0 Å². The number of carbonyl (C=O) groups excluding carboxylic acids is 2. The number of thiol groups is 1. The summed E-state index contributed by atoms with van der Waals surface area (Å²) < 4.78 is 4.48. The van der Waals surface area contributed by atoms with E-state index in [9.17, 15) is 9.59 Å². The standard InChI is InChI=1S/C5H11N3O3S/c6-3(1-12)4(9)11-2-8-5(7)10/h3,12H,1-2,6H2,(H3,7,8,10)/t3-/m0/s1. The summed E-state index contributed by atoms with van der Waals surface area (Å²) in [7, 11) is 0. The maximum atomic E-state index is 10.8. The Morgan fingerprint density at radius 2 is 2.17 bits per heavy atom. The van der Waals surface area contributed by atoms with Crippen LogP contribution in [0.5, 0.6) is 0 Å². The second-order valence-electron chi connectivity index (χ2n) is 1.94. The fraction of sp³-hybridized carbons (Fsp3) is 0.600. The zero-order valence-electron chi connectivity index (χ0n) is 6.32. The highest BCUT2D eigenvalue weighted by atomic mass is 32.1. The number of primary amides is 1. The molecule has 0 aliphatic rings. The van der Waals surface area contributed by atoms with Crippen LogP contribution in [0, 0.1) is 0 Å². The number of amides is 2. The molecule has 1 atom stereocenters. The van der Waals surface area contributed by atoms with Crippen LogP contribution in [0.4, 0.5) is 4.79 Å². The molecule has 0 spiro atoms. The van der Waals surface area contributed by atoms with E-state index in [2.05, 4.69) is 22.7 Å². The summed E-state index contributed by atoms with van der Waals surface area (Å²) in [5, 5.41) is 2.07. The van der Waals surface area contributed by atoms with Crippen molar-refractivity contribution in [3.63, 3.8) is 0 Å². The molecule has 0 unspecified atom stereocenters. The van der Waals surface area contributed by atoms with Crippen molar-refractivity contribution < 1.29 is 14.3 Å². The number of carbonyl (C=O) groups is 2. The van der Waals surface area contributed by atoms with Crippen molar-refractivity contribution in [2.24, 2.45) is 11.5 Å². The number of hydrogen-bond donors (Lipinski definition) is 4. The van der Waals surface area contributed by atoms with Crippen molar-refractivity contribution in [2.75, 3.05) is 12.5 Å². The minimum atomic E-state index is -0.775. The monoisotopic (exact) mass is 193 g/mol. The summed E-state index contributed by atoms with van der Waals surface area (Å²) in [5.74, 6) is -0.436. The lowest BCUT2D eigenvalue weighted by Crippen LogP contribution is -2.38. The summed E-state index contributed by atoms with van der Waals surface area (Å²) in [5.41, 5.74) is 9.94. The summed E-state index contributed by atoms with van der Waals surface area (Å²) in [6.45, 7) is -0.268. The van der Waals surface area contributed by atoms with Crippen molar-refractivity contribution in [1.82, 2.24) is 5.32 Å². The minimum Gasteiger partial charge on any atom is -0.443 e. The number of ether oxygens (including phenoxy) is 1. The summed E-state index contributed by atoms with van der Waals surface area (Å²) in [4.78, 5) is 20.9. The van der Waals surface area contributed by atoms with Crippen molar-refractivity contribution >= 4 is 24.6 Å². The lowest BCUT2D eigenvalue weighted by molar-refractivity contribution is -0.144. The van der Waals surface area contributed by atoms with Crippen LogP contribution in [-0.4, -0.2) is 30.5 Å². The molecule has 7 heteroatoms. The van der Waals surface area contributed by atoms with Crippen molar-refractivity contribution in [2.45, 2.75) is 6.04 Å². The molecule has 0 saturated heterocycles. The van der Waals surface area contributed by atoms with E-state index >= 15 is 0 Å². The van der Waals surface area contributed by atoms with Gasteiger partial charge in [0.25, 0.3) is 0 Å². The van der Waals surface area contributed by atoms with Crippen molar-refractivity contribution in [1.29, 1.82) is 0 Å². The van der Waals surface area contributed by atoms with Crippen LogP contribution in [0.1, 0.15) is 0 Å². The first kappa shape index (κ1) is 11.1. The van der Waals surface area contributed by atoms with Gasteiger partial charge >= 0.3 is 12.0 Å². The Hall–Kier alpha value is -0.950. The average molecular weight is 193 g/mol. The predicted octanol–water partition coefficient (Wildman–Crippen LogP) is -1.59. The summed E-state index contributed by atoms with van der Waals surface area (Å²) in [6.07, 6.45) is 0. The van der Waals surface area contributed by atoms with E-state index in [4.69, 9.17) is 11.5 Å². The Balaban J connectivity index is 3.50. The van der Waals surface area contributed by atoms with Crippen molar-refractivity contribution in [3.05, 3.63) is 0 Å². The average Bonchev–Trinajstić information content (AvgIpc) is 2.02. The Bertz CT molecular complexity index is 175. The third-order valence-corrected chi connectivity index (χ3v) is 1.35. The molecule has 2 amide bonds. The van der Waals surface area contributed by atoms with Gasteiger partial charge in [-0.3, -0.25) is 4.79 Å². The normalized spacial score (nSPS) is 11.8. The second kappa shape index (κ2) is 5.67. The number of urea groups is 1. The third kappa shape index (κ3) is 4.80. The molecule has 0 radical (unpaired) electrons. The Kier molecular flexibility index (Phi) is 5.22. The Morgan fingerprint density at radius 3 is 2.58 bits per heavy atom. The molecule has 0 aromatic heterocycles. The first-order chi connectivity index (χ1) is 5.57. The minimum absolute atomic E-state index is 0.190. The van der Waals surface area contributed by atoms with Gasteiger partial charge in [-0.1, -0.05) is 0 Å². The highest BCUT2D eigenvalue weighted by Gasteiger charge is 2.12. The SMILES string of the molecule is NC(=O)NCOC(=O)[C@@H](N)CS. The number of nitrogens with one attached hydrogen (secondary N) is 1. The van der Waals surface area contributed by atoms with E-state index in [1.54, 1.807) is 0 Å². The maximum absolute atomic E-state index is 10.8. The third-order valence-electron chi connectivity index (χ3n) is 0.960. The molecule has 0 aliphatic heterocycles. The Labute approximate surface area is 75.0 Å². The number of rotatable bonds is 4. The van der Waals surface area contributed by atoms with Gasteiger partial charge in [-0.05, 0) is 0 Å². The molecule has 0 aliphatic carbocycles. The summed E-state index contributed by atoms with van der Waals surface area (Å²) in [6, 6.07) is -1.54. The van der Waals surface area contributed by atoms with Gasteiger partial charge in [0.05, 0.1) is 0 Å². The first-order valence-corrected chi connectivity index (χ1v) is 3.77. The molecule has 0 rings (SSSR count). The van der Waals surface area contributed by atoms with Gasteiger partial charge in [-0.25, -0.2) is 4.79 Å². The van der Waals surface area contributed by atoms with Gasteiger partial charge in [0.15, 0.2) is 6.73 Å². The van der Waals surface area contributed by atoms with Gasteiger partial charge in [-0.15, -0.1) is 0 Å². The predicted molar refractivity (Wildman–Crippen MR) is 45.5 cm³/mol. The number of nitrogens with two attached hydrogens (primary N) is 2. The van der Waals surface area contributed by atoms with Crippen LogP contribution in [0.3, 0.4) is 0 Å². The first-order valence-electron chi connectivity index (χ1n) is 3.14. The second-order valence-corrected chi connectivity index (χ2v) is 2.30. The highest BCUT2D eigenvalue weighted by Crippen LogP contribution is 1.86. The van der Waals surface area contributed by atoms with Crippen LogP contribution in [0.15, 0.2) is 0 Å². The number of hydrogen-bond acceptors (Lipinski definition) is 5. The topological polar surface area (TPSA) is 107 Å².